The third kappa shape index (κ3) is 5.34. The lowest BCUT2D eigenvalue weighted by atomic mass is 9.83. The van der Waals surface area contributed by atoms with Gasteiger partial charge in [0.2, 0.25) is 0 Å². The molecule has 1 heteroatoms. The Morgan fingerprint density at radius 2 is 1.69 bits per heavy atom. The summed E-state index contributed by atoms with van der Waals surface area (Å²) < 4.78 is 0. The Kier molecular flexibility index (Phi) is 7.11. The second-order valence-corrected chi connectivity index (χ2v) is 5.82. The van der Waals surface area contributed by atoms with E-state index in [1.807, 2.05) is 0 Å². The molecule has 0 aromatic rings. The van der Waals surface area contributed by atoms with Crippen molar-refractivity contribution in [2.45, 2.75) is 78.2 Å². The summed E-state index contributed by atoms with van der Waals surface area (Å²) in [4.78, 5) is 0. The molecule has 0 spiro atoms. The molecule has 0 amide bonds. The third-order valence-electron chi connectivity index (χ3n) is 4.17. The molecular weight excluding hydrogens is 194 g/mol. The van der Waals surface area contributed by atoms with Gasteiger partial charge in [0.15, 0.2) is 0 Å². The smallest absolute Gasteiger partial charge is 0.00413 e. The summed E-state index contributed by atoms with van der Waals surface area (Å²) in [7, 11) is 0. The average Bonchev–Trinajstić information content (AvgIpc) is 2.54. The largest absolute Gasteiger partial charge is 0.314 e. The van der Waals surface area contributed by atoms with Crippen LogP contribution in [0.2, 0.25) is 0 Å². The minimum atomic E-state index is 0.707. The Labute approximate surface area is 102 Å². The minimum absolute atomic E-state index is 0.707. The maximum atomic E-state index is 3.62. The molecule has 96 valence electrons. The highest BCUT2D eigenvalue weighted by atomic mass is 14.9. The van der Waals surface area contributed by atoms with Crippen molar-refractivity contribution >= 4 is 0 Å². The van der Waals surface area contributed by atoms with E-state index in [9.17, 15) is 0 Å². The first-order chi connectivity index (χ1) is 7.74. The Morgan fingerprint density at radius 3 is 2.25 bits per heavy atom. The zero-order valence-electron chi connectivity index (χ0n) is 11.6. The molecule has 1 N–H and O–H groups in total. The van der Waals surface area contributed by atoms with Crippen molar-refractivity contribution in [2.24, 2.45) is 11.8 Å². The maximum Gasteiger partial charge on any atom is 0.00413 e. The van der Waals surface area contributed by atoms with Gasteiger partial charge in [0.1, 0.15) is 0 Å². The molecule has 1 fully saturated rings. The molecule has 0 heterocycles. The highest BCUT2D eigenvalue weighted by Gasteiger charge is 2.20. The van der Waals surface area contributed by atoms with Crippen molar-refractivity contribution < 1.29 is 0 Å². The second kappa shape index (κ2) is 8.11. The summed E-state index contributed by atoms with van der Waals surface area (Å²) in [6.45, 7) is 8.25. The highest BCUT2D eigenvalue weighted by molar-refractivity contribution is 4.74. The molecule has 0 aromatic carbocycles. The minimum Gasteiger partial charge on any atom is -0.314 e. The molecule has 2 unspecified atom stereocenters. The molecule has 1 nitrogen and oxygen atoms in total. The van der Waals surface area contributed by atoms with Gasteiger partial charge in [0.05, 0.1) is 0 Å². The number of nitrogens with one attached hydrogen (secondary N) is 1. The zero-order chi connectivity index (χ0) is 11.8. The van der Waals surface area contributed by atoms with Crippen LogP contribution in [0.3, 0.4) is 0 Å². The number of hydrogen-bond acceptors (Lipinski definition) is 1. The first-order valence-electron chi connectivity index (χ1n) is 7.47. The molecule has 0 saturated heterocycles. The molecule has 0 aromatic heterocycles. The fourth-order valence-corrected chi connectivity index (χ4v) is 3.10. The van der Waals surface area contributed by atoms with Gasteiger partial charge < -0.3 is 5.32 Å². The predicted octanol–water partition coefficient (Wildman–Crippen LogP) is 4.37. The number of rotatable bonds is 6. The first-order valence-corrected chi connectivity index (χ1v) is 7.47. The number of hydrogen-bond donors (Lipinski definition) is 1. The molecule has 0 aliphatic heterocycles. The van der Waals surface area contributed by atoms with Crippen LogP contribution in [0.5, 0.6) is 0 Å². The van der Waals surface area contributed by atoms with Gasteiger partial charge in [-0.3, -0.25) is 0 Å². The van der Waals surface area contributed by atoms with Crippen LogP contribution in [0.15, 0.2) is 0 Å². The SMILES string of the molecule is CCCNC(C)CC(C)C1CCCCCC1. The van der Waals surface area contributed by atoms with Crippen molar-refractivity contribution in [3.63, 3.8) is 0 Å². The normalized spacial score (nSPS) is 22.7. The second-order valence-electron chi connectivity index (χ2n) is 5.82. The lowest BCUT2D eigenvalue weighted by molar-refractivity contribution is 0.277. The van der Waals surface area contributed by atoms with Gasteiger partial charge in [-0.05, 0) is 38.1 Å². The van der Waals surface area contributed by atoms with E-state index >= 15 is 0 Å². The van der Waals surface area contributed by atoms with Crippen LogP contribution in [0, 0.1) is 11.8 Å². The van der Waals surface area contributed by atoms with E-state index < -0.39 is 0 Å². The summed E-state index contributed by atoms with van der Waals surface area (Å²) in [5.41, 5.74) is 0. The lowest BCUT2D eigenvalue weighted by Gasteiger charge is -2.25. The van der Waals surface area contributed by atoms with Gasteiger partial charge in [0.25, 0.3) is 0 Å². The van der Waals surface area contributed by atoms with E-state index in [1.54, 1.807) is 0 Å². The molecule has 1 aliphatic rings. The fraction of sp³-hybridized carbons (Fsp3) is 1.00. The Bertz CT molecular complexity index is 159. The molecule has 1 saturated carbocycles. The van der Waals surface area contributed by atoms with Crippen molar-refractivity contribution in [3.05, 3.63) is 0 Å². The van der Waals surface area contributed by atoms with Crippen molar-refractivity contribution in [1.82, 2.24) is 5.32 Å². The Balaban J connectivity index is 2.23. The summed E-state index contributed by atoms with van der Waals surface area (Å²) in [5, 5.41) is 3.62. The quantitative estimate of drug-likeness (QED) is 0.662. The van der Waals surface area contributed by atoms with Crippen molar-refractivity contribution in [3.8, 4) is 0 Å². The summed E-state index contributed by atoms with van der Waals surface area (Å²) in [6, 6.07) is 0.707. The standard InChI is InChI=1S/C15H31N/c1-4-11-16-14(3)12-13(2)15-9-7-5-6-8-10-15/h13-16H,4-12H2,1-3H3. The van der Waals surface area contributed by atoms with Crippen LogP contribution in [0.4, 0.5) is 0 Å². The van der Waals surface area contributed by atoms with Gasteiger partial charge >= 0.3 is 0 Å². The maximum absolute atomic E-state index is 3.62. The van der Waals surface area contributed by atoms with Gasteiger partial charge in [-0.1, -0.05) is 52.4 Å². The van der Waals surface area contributed by atoms with E-state index in [1.165, 1.54) is 57.9 Å². The zero-order valence-corrected chi connectivity index (χ0v) is 11.6. The average molecular weight is 225 g/mol. The van der Waals surface area contributed by atoms with E-state index in [-0.39, 0.29) is 0 Å². The van der Waals surface area contributed by atoms with Crippen LogP contribution >= 0.6 is 0 Å². The van der Waals surface area contributed by atoms with E-state index in [0.29, 0.717) is 6.04 Å². The van der Waals surface area contributed by atoms with Gasteiger partial charge in [0, 0.05) is 6.04 Å². The lowest BCUT2D eigenvalue weighted by Crippen LogP contribution is -2.30. The highest BCUT2D eigenvalue weighted by Crippen LogP contribution is 2.31. The van der Waals surface area contributed by atoms with E-state index in [2.05, 4.69) is 26.1 Å². The van der Waals surface area contributed by atoms with Crippen LogP contribution in [0.25, 0.3) is 0 Å². The molecule has 1 aliphatic carbocycles. The van der Waals surface area contributed by atoms with Crippen LogP contribution < -0.4 is 5.32 Å². The summed E-state index contributed by atoms with van der Waals surface area (Å²) in [6.07, 6.45) is 11.5. The molecule has 0 bridgehead atoms. The van der Waals surface area contributed by atoms with Crippen LogP contribution in [-0.2, 0) is 0 Å². The van der Waals surface area contributed by atoms with Gasteiger partial charge in [-0.15, -0.1) is 0 Å². The molecule has 0 radical (unpaired) electrons. The molecular formula is C15H31N. The van der Waals surface area contributed by atoms with Crippen LogP contribution in [0.1, 0.15) is 72.1 Å². The predicted molar refractivity (Wildman–Crippen MR) is 72.7 cm³/mol. The van der Waals surface area contributed by atoms with Crippen molar-refractivity contribution in [2.75, 3.05) is 6.54 Å². The monoisotopic (exact) mass is 225 g/mol. The third-order valence-corrected chi connectivity index (χ3v) is 4.17. The van der Waals surface area contributed by atoms with Gasteiger partial charge in [-0.2, -0.15) is 0 Å². The first kappa shape index (κ1) is 14.0. The summed E-state index contributed by atoms with van der Waals surface area (Å²) >= 11 is 0. The summed E-state index contributed by atoms with van der Waals surface area (Å²) in [5.74, 6) is 1.92. The topological polar surface area (TPSA) is 12.0 Å². The molecule has 2 atom stereocenters. The molecule has 1 rings (SSSR count). The van der Waals surface area contributed by atoms with Crippen LogP contribution in [-0.4, -0.2) is 12.6 Å². The van der Waals surface area contributed by atoms with E-state index in [0.717, 1.165) is 11.8 Å². The van der Waals surface area contributed by atoms with Gasteiger partial charge in [-0.25, -0.2) is 0 Å². The Hall–Kier alpha value is -0.0400. The Morgan fingerprint density at radius 1 is 1.06 bits per heavy atom. The van der Waals surface area contributed by atoms with Crippen molar-refractivity contribution in [1.29, 1.82) is 0 Å². The van der Waals surface area contributed by atoms with E-state index in [4.69, 9.17) is 0 Å². The fourth-order valence-electron chi connectivity index (χ4n) is 3.10. The molecule has 16 heavy (non-hydrogen) atoms.